The molecule has 2 aromatic rings. The molecule has 0 saturated carbocycles. The quantitative estimate of drug-likeness (QED) is 0.864. The molecule has 1 atom stereocenters. The van der Waals surface area contributed by atoms with Crippen LogP contribution in [-0.2, 0) is 21.5 Å². The molecule has 0 radical (unpaired) electrons. The number of carbonyl (C=O) groups excluding carboxylic acids is 2. The Morgan fingerprint density at radius 3 is 2.62 bits per heavy atom. The molecule has 6 nitrogen and oxygen atoms in total. The number of benzene rings is 1. The third kappa shape index (κ3) is 4.40. The molecule has 2 amide bonds. The first-order chi connectivity index (χ1) is 12.2. The number of hydrogen-bond acceptors (Lipinski definition) is 5. The lowest BCUT2D eigenvalue weighted by Gasteiger charge is -2.16. The first-order valence-electron chi connectivity index (χ1n) is 8.39. The fourth-order valence-corrected chi connectivity index (χ4v) is 3.63. The largest absolute Gasteiger partial charge is 0.338 e. The van der Waals surface area contributed by atoms with Crippen molar-refractivity contribution >= 4 is 39.9 Å². The molecule has 1 N–H and O–H groups in total. The summed E-state index contributed by atoms with van der Waals surface area (Å²) in [4.78, 5) is 26.4. The van der Waals surface area contributed by atoms with Gasteiger partial charge in [-0.25, -0.2) is 0 Å². The van der Waals surface area contributed by atoms with Gasteiger partial charge in [0.25, 0.3) is 0 Å². The van der Waals surface area contributed by atoms with Crippen molar-refractivity contribution in [1.82, 2.24) is 15.1 Å². The van der Waals surface area contributed by atoms with Gasteiger partial charge in [0.15, 0.2) is 0 Å². The molecule has 0 aliphatic carbocycles. The molecule has 1 saturated heterocycles. The summed E-state index contributed by atoms with van der Waals surface area (Å²) in [5.74, 6) is -0.585. The van der Waals surface area contributed by atoms with Gasteiger partial charge in [-0.15, -0.1) is 10.2 Å². The van der Waals surface area contributed by atoms with E-state index in [1.54, 1.807) is 17.0 Å². The van der Waals surface area contributed by atoms with Crippen LogP contribution in [0.5, 0.6) is 0 Å². The Balaban J connectivity index is 1.60. The van der Waals surface area contributed by atoms with Crippen LogP contribution >= 0.6 is 22.9 Å². The topological polar surface area (TPSA) is 75.2 Å². The van der Waals surface area contributed by atoms with E-state index >= 15 is 0 Å². The summed E-state index contributed by atoms with van der Waals surface area (Å²) in [5, 5.41) is 13.0. The third-order valence-corrected chi connectivity index (χ3v) is 5.69. The summed E-state index contributed by atoms with van der Waals surface area (Å²) in [6.07, 6.45) is 0.213. The molecule has 0 bridgehead atoms. The average molecular weight is 393 g/mol. The lowest BCUT2D eigenvalue weighted by Crippen LogP contribution is -2.28. The molecule has 0 unspecified atom stereocenters. The van der Waals surface area contributed by atoms with Crippen molar-refractivity contribution in [3.63, 3.8) is 0 Å². The van der Waals surface area contributed by atoms with Crippen LogP contribution in [0.2, 0.25) is 5.02 Å². The van der Waals surface area contributed by atoms with Crippen molar-refractivity contribution in [2.24, 2.45) is 5.92 Å². The molecule has 1 aliphatic rings. The van der Waals surface area contributed by atoms with E-state index < -0.39 is 0 Å². The minimum Gasteiger partial charge on any atom is -0.338 e. The summed E-state index contributed by atoms with van der Waals surface area (Å²) < 4.78 is 0. The van der Waals surface area contributed by atoms with Crippen LogP contribution < -0.4 is 5.32 Å². The molecule has 1 aromatic heterocycles. The minimum atomic E-state index is -0.378. The molecule has 1 aromatic carbocycles. The summed E-state index contributed by atoms with van der Waals surface area (Å²) >= 11 is 7.25. The van der Waals surface area contributed by atoms with Crippen LogP contribution in [0.15, 0.2) is 24.3 Å². The van der Waals surface area contributed by atoms with Gasteiger partial charge in [0.1, 0.15) is 5.01 Å². The fourth-order valence-electron chi connectivity index (χ4n) is 2.70. The second-order valence-corrected chi connectivity index (χ2v) is 8.87. The predicted octanol–water partition coefficient (Wildman–Crippen LogP) is 3.48. The Kier molecular flexibility index (Phi) is 5.29. The van der Waals surface area contributed by atoms with Gasteiger partial charge in [-0.1, -0.05) is 55.8 Å². The molecule has 1 fully saturated rings. The highest BCUT2D eigenvalue weighted by molar-refractivity contribution is 7.15. The van der Waals surface area contributed by atoms with Crippen molar-refractivity contribution in [3.8, 4) is 0 Å². The number of aromatic nitrogens is 2. The molecule has 26 heavy (non-hydrogen) atoms. The smallest absolute Gasteiger partial charge is 0.231 e. The van der Waals surface area contributed by atoms with Crippen LogP contribution in [0.25, 0.3) is 0 Å². The average Bonchev–Trinajstić information content (AvgIpc) is 3.17. The summed E-state index contributed by atoms with van der Waals surface area (Å²) in [7, 11) is 0. The number of nitrogens with one attached hydrogen (secondary N) is 1. The van der Waals surface area contributed by atoms with E-state index in [0.717, 1.165) is 10.6 Å². The van der Waals surface area contributed by atoms with E-state index in [1.165, 1.54) is 11.3 Å². The first kappa shape index (κ1) is 18.8. The molecule has 2 heterocycles. The summed E-state index contributed by atoms with van der Waals surface area (Å²) in [6, 6.07) is 7.37. The van der Waals surface area contributed by atoms with E-state index in [9.17, 15) is 9.59 Å². The van der Waals surface area contributed by atoms with Crippen molar-refractivity contribution in [1.29, 1.82) is 0 Å². The Labute approximate surface area is 161 Å². The second kappa shape index (κ2) is 7.32. The number of hydrogen-bond donors (Lipinski definition) is 1. The maximum absolute atomic E-state index is 12.5. The molecule has 3 rings (SSSR count). The SMILES string of the molecule is CC(C)(C)c1nnc(NC(=O)[C@@H]2CC(=O)N(Cc3ccc(Cl)cc3)C2)s1. The fraction of sp³-hybridized carbons (Fsp3) is 0.444. The second-order valence-electron chi connectivity index (χ2n) is 7.45. The Morgan fingerprint density at radius 2 is 2.00 bits per heavy atom. The predicted molar refractivity (Wildman–Crippen MR) is 102 cm³/mol. The number of carbonyl (C=O) groups is 2. The van der Waals surface area contributed by atoms with E-state index in [1.807, 2.05) is 32.9 Å². The Morgan fingerprint density at radius 1 is 1.31 bits per heavy atom. The summed E-state index contributed by atoms with van der Waals surface area (Å²) in [5.41, 5.74) is 0.877. The maximum atomic E-state index is 12.5. The number of likely N-dealkylation sites (tertiary alicyclic amines) is 1. The van der Waals surface area contributed by atoms with E-state index in [-0.39, 0.29) is 29.6 Å². The maximum Gasteiger partial charge on any atom is 0.231 e. The van der Waals surface area contributed by atoms with Crippen molar-refractivity contribution in [2.75, 3.05) is 11.9 Å². The zero-order chi connectivity index (χ0) is 18.9. The van der Waals surface area contributed by atoms with Gasteiger partial charge in [-0.05, 0) is 17.7 Å². The normalized spacial score (nSPS) is 17.6. The highest BCUT2D eigenvalue weighted by atomic mass is 35.5. The van der Waals surface area contributed by atoms with Gasteiger partial charge >= 0.3 is 0 Å². The first-order valence-corrected chi connectivity index (χ1v) is 9.59. The number of amides is 2. The molecular formula is C18H21ClN4O2S. The third-order valence-electron chi connectivity index (χ3n) is 4.17. The van der Waals surface area contributed by atoms with Crippen molar-refractivity contribution in [3.05, 3.63) is 39.9 Å². The van der Waals surface area contributed by atoms with Crippen LogP contribution in [0.4, 0.5) is 5.13 Å². The summed E-state index contributed by atoms with van der Waals surface area (Å²) in [6.45, 7) is 7.02. The van der Waals surface area contributed by atoms with Crippen molar-refractivity contribution < 1.29 is 9.59 Å². The van der Waals surface area contributed by atoms with Crippen molar-refractivity contribution in [2.45, 2.75) is 39.2 Å². The van der Waals surface area contributed by atoms with Gasteiger partial charge in [0.05, 0.1) is 5.92 Å². The van der Waals surface area contributed by atoms with Gasteiger partial charge in [0.2, 0.25) is 16.9 Å². The monoisotopic (exact) mass is 392 g/mol. The number of halogens is 1. The molecule has 0 spiro atoms. The van der Waals surface area contributed by atoms with Gasteiger partial charge < -0.3 is 10.2 Å². The van der Waals surface area contributed by atoms with Crippen LogP contribution in [0, 0.1) is 5.92 Å². The number of anilines is 1. The molecule has 138 valence electrons. The zero-order valence-electron chi connectivity index (χ0n) is 15.0. The van der Waals surface area contributed by atoms with E-state index in [0.29, 0.717) is 23.2 Å². The number of nitrogens with zero attached hydrogens (tertiary/aromatic N) is 3. The lowest BCUT2D eigenvalue weighted by molar-refractivity contribution is -0.128. The minimum absolute atomic E-state index is 0.0206. The lowest BCUT2D eigenvalue weighted by atomic mass is 9.98. The highest BCUT2D eigenvalue weighted by Crippen LogP contribution is 2.29. The van der Waals surface area contributed by atoms with Crippen LogP contribution in [0.3, 0.4) is 0 Å². The highest BCUT2D eigenvalue weighted by Gasteiger charge is 2.34. The van der Waals surface area contributed by atoms with Crippen LogP contribution in [-0.4, -0.2) is 33.5 Å². The van der Waals surface area contributed by atoms with Crippen LogP contribution in [0.1, 0.15) is 37.8 Å². The van der Waals surface area contributed by atoms with E-state index in [2.05, 4.69) is 15.5 Å². The molecule has 8 heteroatoms. The molecular weight excluding hydrogens is 372 g/mol. The van der Waals surface area contributed by atoms with Gasteiger partial charge in [0, 0.05) is 29.9 Å². The standard InChI is InChI=1S/C18H21ClN4O2S/c1-18(2,3)16-21-22-17(26-16)20-15(25)12-8-14(24)23(10-12)9-11-4-6-13(19)7-5-11/h4-7,12H,8-10H2,1-3H3,(H,20,22,25)/t12-/m1/s1. The van der Waals surface area contributed by atoms with E-state index in [4.69, 9.17) is 11.6 Å². The number of rotatable bonds is 4. The molecule has 1 aliphatic heterocycles. The Hall–Kier alpha value is -1.99. The zero-order valence-corrected chi connectivity index (χ0v) is 16.5. The van der Waals surface area contributed by atoms with Gasteiger partial charge in [-0.2, -0.15) is 0 Å². The Bertz CT molecular complexity index is 813. The van der Waals surface area contributed by atoms with Gasteiger partial charge in [-0.3, -0.25) is 9.59 Å².